The highest BCUT2D eigenvalue weighted by Gasteiger charge is 2.44. The number of rotatable bonds is 3. The number of carbonyl (C=O) groups excluding carboxylic acids is 2. The second kappa shape index (κ2) is 6.92. The van der Waals surface area contributed by atoms with Crippen LogP contribution in [0.25, 0.3) is 0 Å². The van der Waals surface area contributed by atoms with Crippen molar-refractivity contribution in [1.82, 2.24) is 9.80 Å². The molecule has 2 aliphatic heterocycles. The number of hydrogen-bond donors (Lipinski definition) is 0. The van der Waals surface area contributed by atoms with E-state index in [2.05, 4.69) is 0 Å². The lowest BCUT2D eigenvalue weighted by atomic mass is 9.82. The number of hydrogen-bond acceptors (Lipinski definition) is 2. The molecule has 136 valence electrons. The summed E-state index contributed by atoms with van der Waals surface area (Å²) in [5.74, 6) is -0.752. The normalized spacial score (nSPS) is 29.5. The van der Waals surface area contributed by atoms with Crippen LogP contribution in [0.3, 0.4) is 0 Å². The van der Waals surface area contributed by atoms with E-state index in [9.17, 15) is 22.8 Å². The van der Waals surface area contributed by atoms with Gasteiger partial charge in [0.25, 0.3) is 0 Å². The molecule has 1 aliphatic carbocycles. The molecule has 7 heteroatoms. The minimum absolute atomic E-state index is 0.0806. The van der Waals surface area contributed by atoms with Gasteiger partial charge in [0.1, 0.15) is 6.54 Å². The Morgan fingerprint density at radius 1 is 1.08 bits per heavy atom. The third-order valence-corrected chi connectivity index (χ3v) is 5.71. The Labute approximate surface area is 140 Å². The predicted octanol–water partition coefficient (Wildman–Crippen LogP) is 2.97. The monoisotopic (exact) mass is 346 g/mol. The van der Waals surface area contributed by atoms with E-state index >= 15 is 0 Å². The van der Waals surface area contributed by atoms with E-state index in [1.165, 1.54) is 19.3 Å². The summed E-state index contributed by atoms with van der Waals surface area (Å²) in [6, 6.07) is 0.226. The first-order chi connectivity index (χ1) is 11.3. The molecule has 2 heterocycles. The standard InChI is InChI=1S/C17H25F3N2O2/c18-17(19,20)11-21-10-13(9-15(21)23)16(24)22-8-4-7-14(22)12-5-2-1-3-6-12/h12-14H,1-11H2/t13-,14+/m1/s1. The number of likely N-dealkylation sites (tertiary alicyclic amines) is 2. The molecule has 0 aromatic carbocycles. The lowest BCUT2D eigenvalue weighted by molar-refractivity contribution is -0.157. The van der Waals surface area contributed by atoms with E-state index in [0.29, 0.717) is 12.5 Å². The van der Waals surface area contributed by atoms with Crippen LogP contribution >= 0.6 is 0 Å². The molecule has 2 saturated heterocycles. The fourth-order valence-electron chi connectivity index (χ4n) is 4.62. The van der Waals surface area contributed by atoms with Crippen molar-refractivity contribution in [2.24, 2.45) is 11.8 Å². The van der Waals surface area contributed by atoms with E-state index in [0.717, 1.165) is 30.6 Å². The van der Waals surface area contributed by atoms with Crippen LogP contribution < -0.4 is 0 Å². The van der Waals surface area contributed by atoms with Crippen LogP contribution in [0.2, 0.25) is 0 Å². The Balaban J connectivity index is 1.62. The number of alkyl halides is 3. The van der Waals surface area contributed by atoms with Crippen molar-refractivity contribution < 1.29 is 22.8 Å². The van der Waals surface area contributed by atoms with Crippen LogP contribution in [0.4, 0.5) is 13.2 Å². The topological polar surface area (TPSA) is 40.6 Å². The first kappa shape index (κ1) is 17.5. The van der Waals surface area contributed by atoms with Crippen LogP contribution in [0.1, 0.15) is 51.4 Å². The Morgan fingerprint density at radius 3 is 2.46 bits per heavy atom. The highest BCUT2D eigenvalue weighted by molar-refractivity contribution is 5.89. The zero-order valence-corrected chi connectivity index (χ0v) is 13.9. The Bertz CT molecular complexity index is 489. The molecule has 1 saturated carbocycles. The Morgan fingerprint density at radius 2 is 1.79 bits per heavy atom. The van der Waals surface area contributed by atoms with Crippen LogP contribution in [-0.4, -0.2) is 53.5 Å². The molecule has 0 aromatic rings. The summed E-state index contributed by atoms with van der Waals surface area (Å²) in [6.45, 7) is -0.656. The minimum Gasteiger partial charge on any atom is -0.339 e. The van der Waals surface area contributed by atoms with Gasteiger partial charge >= 0.3 is 6.18 Å². The van der Waals surface area contributed by atoms with E-state index in [1.54, 1.807) is 0 Å². The molecule has 0 aromatic heterocycles. The zero-order valence-electron chi connectivity index (χ0n) is 13.9. The van der Waals surface area contributed by atoms with Crippen LogP contribution in [0.5, 0.6) is 0 Å². The smallest absolute Gasteiger partial charge is 0.339 e. The Kier molecular flexibility index (Phi) is 5.06. The van der Waals surface area contributed by atoms with Crippen LogP contribution in [0.15, 0.2) is 0 Å². The fourth-order valence-corrected chi connectivity index (χ4v) is 4.62. The SMILES string of the molecule is O=C1C[C@@H](C(=O)N2CCC[C@H]2C2CCCCC2)CN1CC(F)(F)F. The van der Waals surface area contributed by atoms with Gasteiger partial charge in [0.15, 0.2) is 0 Å². The van der Waals surface area contributed by atoms with Gasteiger partial charge in [0, 0.05) is 25.6 Å². The van der Waals surface area contributed by atoms with Crippen molar-refractivity contribution in [2.45, 2.75) is 63.6 Å². The second-order valence-corrected chi connectivity index (χ2v) is 7.43. The molecule has 3 aliphatic rings. The first-order valence-electron chi connectivity index (χ1n) is 9.00. The summed E-state index contributed by atoms with van der Waals surface area (Å²) in [7, 11) is 0. The lowest BCUT2D eigenvalue weighted by Crippen LogP contribution is -2.44. The molecule has 0 N–H and O–H groups in total. The predicted molar refractivity (Wildman–Crippen MR) is 82.1 cm³/mol. The fraction of sp³-hybridized carbons (Fsp3) is 0.882. The average molecular weight is 346 g/mol. The highest BCUT2D eigenvalue weighted by Crippen LogP contribution is 2.36. The lowest BCUT2D eigenvalue weighted by Gasteiger charge is -2.35. The quantitative estimate of drug-likeness (QED) is 0.788. The van der Waals surface area contributed by atoms with Gasteiger partial charge in [-0.2, -0.15) is 13.2 Å². The van der Waals surface area contributed by atoms with Gasteiger partial charge in [0.05, 0.1) is 5.92 Å². The summed E-state index contributed by atoms with van der Waals surface area (Å²) in [6.07, 6.45) is 3.38. The van der Waals surface area contributed by atoms with E-state index in [4.69, 9.17) is 0 Å². The van der Waals surface area contributed by atoms with Gasteiger partial charge in [-0.3, -0.25) is 9.59 Å². The maximum atomic E-state index is 12.8. The first-order valence-corrected chi connectivity index (χ1v) is 9.00. The van der Waals surface area contributed by atoms with Gasteiger partial charge < -0.3 is 9.80 Å². The molecule has 2 amide bonds. The van der Waals surface area contributed by atoms with Crippen molar-refractivity contribution in [3.8, 4) is 0 Å². The minimum atomic E-state index is -4.41. The molecule has 4 nitrogen and oxygen atoms in total. The molecule has 3 rings (SSSR count). The van der Waals surface area contributed by atoms with E-state index in [-0.39, 0.29) is 24.9 Å². The van der Waals surface area contributed by atoms with Crippen molar-refractivity contribution >= 4 is 11.8 Å². The number of halogens is 3. The summed E-state index contributed by atoms with van der Waals surface area (Å²) in [5, 5.41) is 0. The molecule has 0 spiro atoms. The van der Waals surface area contributed by atoms with Gasteiger partial charge in [-0.15, -0.1) is 0 Å². The molecule has 3 fully saturated rings. The molecule has 2 atom stereocenters. The maximum Gasteiger partial charge on any atom is 0.406 e. The van der Waals surface area contributed by atoms with Crippen molar-refractivity contribution in [1.29, 1.82) is 0 Å². The average Bonchev–Trinajstić information content (AvgIpc) is 3.14. The summed E-state index contributed by atoms with van der Waals surface area (Å²) in [5.41, 5.74) is 0. The third kappa shape index (κ3) is 3.86. The summed E-state index contributed by atoms with van der Waals surface area (Å²) < 4.78 is 37.6. The van der Waals surface area contributed by atoms with Gasteiger partial charge in [-0.1, -0.05) is 19.3 Å². The molecular formula is C17H25F3N2O2. The van der Waals surface area contributed by atoms with E-state index < -0.39 is 24.5 Å². The summed E-state index contributed by atoms with van der Waals surface area (Å²) in [4.78, 5) is 27.3. The van der Waals surface area contributed by atoms with Gasteiger partial charge in [-0.25, -0.2) is 0 Å². The second-order valence-electron chi connectivity index (χ2n) is 7.43. The zero-order chi connectivity index (χ0) is 17.3. The van der Waals surface area contributed by atoms with Crippen LogP contribution in [0, 0.1) is 11.8 Å². The molecule has 0 radical (unpaired) electrons. The van der Waals surface area contributed by atoms with Crippen molar-refractivity contribution in [3.05, 3.63) is 0 Å². The van der Waals surface area contributed by atoms with Crippen molar-refractivity contribution in [2.75, 3.05) is 19.6 Å². The third-order valence-electron chi connectivity index (χ3n) is 5.71. The number of carbonyl (C=O) groups is 2. The highest BCUT2D eigenvalue weighted by atomic mass is 19.4. The van der Waals surface area contributed by atoms with Crippen molar-refractivity contribution in [3.63, 3.8) is 0 Å². The Hall–Kier alpha value is -1.27. The largest absolute Gasteiger partial charge is 0.406 e. The number of amides is 2. The molecule has 0 bridgehead atoms. The van der Waals surface area contributed by atoms with E-state index in [1.807, 2.05) is 4.90 Å². The summed E-state index contributed by atoms with van der Waals surface area (Å²) >= 11 is 0. The molecule has 0 unspecified atom stereocenters. The maximum absolute atomic E-state index is 12.8. The van der Waals surface area contributed by atoms with Gasteiger partial charge in [-0.05, 0) is 31.6 Å². The molecular weight excluding hydrogens is 321 g/mol. The number of nitrogens with zero attached hydrogens (tertiary/aromatic N) is 2. The van der Waals surface area contributed by atoms with Crippen LogP contribution in [-0.2, 0) is 9.59 Å². The molecule has 24 heavy (non-hydrogen) atoms. The van der Waals surface area contributed by atoms with Gasteiger partial charge in [0.2, 0.25) is 11.8 Å².